The number of carbonyl (C=O) groups excluding carboxylic acids is 4. The van der Waals surface area contributed by atoms with Crippen LogP contribution in [0.1, 0.15) is 18.6 Å². The van der Waals surface area contributed by atoms with E-state index in [0.29, 0.717) is 31.9 Å². The van der Waals surface area contributed by atoms with Gasteiger partial charge in [0.1, 0.15) is 5.76 Å². The van der Waals surface area contributed by atoms with Gasteiger partial charge >= 0.3 is 17.8 Å². The first-order chi connectivity index (χ1) is 13.0. The maximum absolute atomic E-state index is 12.1. The van der Waals surface area contributed by atoms with Crippen molar-refractivity contribution in [3.63, 3.8) is 0 Å². The molecule has 2 aliphatic rings. The van der Waals surface area contributed by atoms with Crippen molar-refractivity contribution in [3.05, 3.63) is 24.2 Å². The van der Waals surface area contributed by atoms with E-state index in [1.807, 2.05) is 4.90 Å². The zero-order valence-corrected chi connectivity index (χ0v) is 14.9. The van der Waals surface area contributed by atoms with Gasteiger partial charge in [-0.3, -0.25) is 24.6 Å². The molecule has 0 spiro atoms. The molecule has 27 heavy (non-hydrogen) atoms. The Kier molecular flexibility index (Phi) is 6.07. The number of carbonyl (C=O) groups is 4. The standard InChI is InChI=1S/C17H23N5O5/c23-14(20-17(26)18-10-13-2-1-9-27-13)11-21-5-7-22(8-6-21)16(25)15(24)19-12-3-4-12/h1-2,9,12H,3-8,10-11H2,(H,19,24)(H2,18,20,23,26). The lowest BCUT2D eigenvalue weighted by Crippen LogP contribution is -2.54. The molecule has 2 fully saturated rings. The lowest BCUT2D eigenvalue weighted by Gasteiger charge is -2.33. The first-order valence-electron chi connectivity index (χ1n) is 8.93. The Morgan fingerprint density at radius 1 is 1.11 bits per heavy atom. The normalized spacial score (nSPS) is 17.3. The van der Waals surface area contributed by atoms with Crippen LogP contribution in [0.2, 0.25) is 0 Å². The highest BCUT2D eigenvalue weighted by molar-refractivity contribution is 6.35. The van der Waals surface area contributed by atoms with Crippen molar-refractivity contribution in [1.29, 1.82) is 0 Å². The van der Waals surface area contributed by atoms with Crippen molar-refractivity contribution in [2.45, 2.75) is 25.4 Å². The van der Waals surface area contributed by atoms with Gasteiger partial charge in [-0.15, -0.1) is 0 Å². The third kappa shape index (κ3) is 5.81. The summed E-state index contributed by atoms with van der Waals surface area (Å²) in [6, 6.07) is 2.97. The number of piperazine rings is 1. The molecule has 0 bridgehead atoms. The number of hydrogen-bond acceptors (Lipinski definition) is 6. The van der Waals surface area contributed by atoms with E-state index in [-0.39, 0.29) is 19.1 Å². The third-order valence-corrected chi connectivity index (χ3v) is 4.39. The Morgan fingerprint density at radius 2 is 1.85 bits per heavy atom. The van der Waals surface area contributed by atoms with Crippen LogP contribution < -0.4 is 16.0 Å². The fourth-order valence-corrected chi connectivity index (χ4v) is 2.72. The predicted molar refractivity (Wildman–Crippen MR) is 93.3 cm³/mol. The van der Waals surface area contributed by atoms with Gasteiger partial charge in [-0.2, -0.15) is 0 Å². The molecule has 1 aromatic rings. The van der Waals surface area contributed by atoms with Crippen LogP contribution >= 0.6 is 0 Å². The molecule has 3 rings (SSSR count). The van der Waals surface area contributed by atoms with E-state index in [1.165, 1.54) is 11.2 Å². The van der Waals surface area contributed by atoms with Gasteiger partial charge in [-0.1, -0.05) is 0 Å². The lowest BCUT2D eigenvalue weighted by atomic mass is 10.3. The Hall–Kier alpha value is -2.88. The van der Waals surface area contributed by atoms with Gasteiger partial charge in [0.2, 0.25) is 5.91 Å². The molecule has 0 aromatic carbocycles. The largest absolute Gasteiger partial charge is 0.467 e. The minimum atomic E-state index is -0.595. The van der Waals surface area contributed by atoms with Crippen LogP contribution in [-0.4, -0.2) is 72.3 Å². The molecule has 5 amide bonds. The van der Waals surface area contributed by atoms with Crippen LogP contribution in [0.4, 0.5) is 4.79 Å². The second-order valence-electron chi connectivity index (χ2n) is 6.63. The maximum atomic E-state index is 12.1. The molecular formula is C17H23N5O5. The van der Waals surface area contributed by atoms with Crippen LogP contribution in [-0.2, 0) is 20.9 Å². The number of hydrogen-bond donors (Lipinski definition) is 3. The van der Waals surface area contributed by atoms with Crippen molar-refractivity contribution >= 4 is 23.8 Å². The van der Waals surface area contributed by atoms with Crippen molar-refractivity contribution < 1.29 is 23.6 Å². The van der Waals surface area contributed by atoms with E-state index in [0.717, 1.165) is 12.8 Å². The van der Waals surface area contributed by atoms with Gasteiger partial charge < -0.3 is 20.0 Å². The molecule has 3 N–H and O–H groups in total. The molecule has 1 aromatic heterocycles. The van der Waals surface area contributed by atoms with Crippen LogP contribution in [0.5, 0.6) is 0 Å². The van der Waals surface area contributed by atoms with Crippen molar-refractivity contribution in [3.8, 4) is 0 Å². The quantitative estimate of drug-likeness (QED) is 0.567. The predicted octanol–water partition coefficient (Wildman–Crippen LogP) is -0.972. The van der Waals surface area contributed by atoms with Gasteiger partial charge in [-0.25, -0.2) is 4.79 Å². The van der Waals surface area contributed by atoms with Gasteiger partial charge in [0.15, 0.2) is 0 Å². The zero-order chi connectivity index (χ0) is 19.2. The van der Waals surface area contributed by atoms with E-state index in [9.17, 15) is 19.2 Å². The second-order valence-corrected chi connectivity index (χ2v) is 6.63. The van der Waals surface area contributed by atoms with Crippen molar-refractivity contribution in [2.75, 3.05) is 32.7 Å². The number of nitrogens with zero attached hydrogens (tertiary/aromatic N) is 2. The van der Waals surface area contributed by atoms with E-state index in [2.05, 4.69) is 16.0 Å². The zero-order valence-electron chi connectivity index (χ0n) is 14.9. The molecular weight excluding hydrogens is 354 g/mol. The number of nitrogens with one attached hydrogen (secondary N) is 3. The van der Waals surface area contributed by atoms with E-state index in [4.69, 9.17) is 4.42 Å². The summed E-state index contributed by atoms with van der Waals surface area (Å²) in [4.78, 5) is 50.8. The number of rotatable bonds is 5. The minimum absolute atomic E-state index is 0.0461. The van der Waals surface area contributed by atoms with E-state index in [1.54, 1.807) is 12.1 Å². The molecule has 0 radical (unpaired) electrons. The van der Waals surface area contributed by atoms with Crippen LogP contribution in [0.15, 0.2) is 22.8 Å². The number of urea groups is 1. The molecule has 146 valence electrons. The molecule has 0 atom stereocenters. The van der Waals surface area contributed by atoms with Gasteiger partial charge in [0.25, 0.3) is 0 Å². The molecule has 1 aliphatic carbocycles. The Bertz CT molecular complexity index is 693. The first kappa shape index (κ1) is 18.9. The first-order valence-corrected chi connectivity index (χ1v) is 8.93. The highest BCUT2D eigenvalue weighted by Crippen LogP contribution is 2.18. The van der Waals surface area contributed by atoms with Crippen molar-refractivity contribution in [2.24, 2.45) is 0 Å². The summed E-state index contributed by atoms with van der Waals surface area (Å²) >= 11 is 0. The lowest BCUT2D eigenvalue weighted by molar-refractivity contribution is -0.147. The SMILES string of the molecule is O=C(CN1CCN(C(=O)C(=O)NC2CC2)CC1)NC(=O)NCc1ccco1. The smallest absolute Gasteiger partial charge is 0.321 e. The summed E-state index contributed by atoms with van der Waals surface area (Å²) in [5.41, 5.74) is 0. The molecule has 10 heteroatoms. The van der Waals surface area contributed by atoms with E-state index < -0.39 is 23.8 Å². The summed E-state index contributed by atoms with van der Waals surface area (Å²) in [6.07, 6.45) is 3.36. The van der Waals surface area contributed by atoms with Crippen LogP contribution in [0.25, 0.3) is 0 Å². The summed E-state index contributed by atoms with van der Waals surface area (Å²) in [7, 11) is 0. The fourth-order valence-electron chi connectivity index (χ4n) is 2.72. The number of furan rings is 1. The molecule has 1 saturated heterocycles. The second kappa shape index (κ2) is 8.67. The molecule has 1 aliphatic heterocycles. The Morgan fingerprint density at radius 3 is 2.48 bits per heavy atom. The van der Waals surface area contributed by atoms with Crippen LogP contribution in [0, 0.1) is 0 Å². The van der Waals surface area contributed by atoms with Gasteiger partial charge in [0.05, 0.1) is 19.4 Å². The molecule has 1 saturated carbocycles. The third-order valence-electron chi connectivity index (χ3n) is 4.39. The fraction of sp³-hybridized carbons (Fsp3) is 0.529. The molecule has 10 nitrogen and oxygen atoms in total. The Labute approximate surface area is 156 Å². The minimum Gasteiger partial charge on any atom is -0.467 e. The average molecular weight is 377 g/mol. The Balaban J connectivity index is 1.33. The summed E-state index contributed by atoms with van der Waals surface area (Å²) < 4.78 is 5.08. The van der Waals surface area contributed by atoms with Crippen LogP contribution in [0.3, 0.4) is 0 Å². The number of amides is 5. The monoisotopic (exact) mass is 377 g/mol. The average Bonchev–Trinajstić information content (AvgIpc) is 3.30. The topological polar surface area (TPSA) is 124 Å². The number of imide groups is 1. The summed E-state index contributed by atoms with van der Waals surface area (Å²) in [6.45, 7) is 1.90. The van der Waals surface area contributed by atoms with Gasteiger partial charge in [-0.05, 0) is 25.0 Å². The maximum Gasteiger partial charge on any atom is 0.321 e. The molecule has 0 unspecified atom stereocenters. The van der Waals surface area contributed by atoms with E-state index >= 15 is 0 Å². The van der Waals surface area contributed by atoms with Gasteiger partial charge in [0, 0.05) is 32.2 Å². The summed E-state index contributed by atoms with van der Waals surface area (Å²) in [5, 5.41) is 7.46. The highest BCUT2D eigenvalue weighted by atomic mass is 16.3. The molecule has 2 heterocycles. The summed E-state index contributed by atoms with van der Waals surface area (Å²) in [5.74, 6) is -0.928. The highest BCUT2D eigenvalue weighted by Gasteiger charge is 2.31. The van der Waals surface area contributed by atoms with Crippen molar-refractivity contribution in [1.82, 2.24) is 25.8 Å².